The molecule has 1 atom stereocenters. The molecule has 0 aliphatic carbocycles. The van der Waals surface area contributed by atoms with Gasteiger partial charge in [0, 0.05) is 25.8 Å². The third kappa shape index (κ3) is 4.28. The minimum Gasteiger partial charge on any atom is -0.451 e. The van der Waals surface area contributed by atoms with Crippen molar-refractivity contribution in [2.45, 2.75) is 24.6 Å². The van der Waals surface area contributed by atoms with Crippen LogP contribution in [0, 0.1) is 0 Å². The van der Waals surface area contributed by atoms with Crippen LogP contribution >= 0.6 is 11.6 Å². The number of nitrogens with zero attached hydrogens (tertiary/aromatic N) is 8. The fraction of sp³-hybridized carbons (Fsp3) is 0.318. The number of ether oxygens (including phenoxy) is 2. The summed E-state index contributed by atoms with van der Waals surface area (Å²) >= 11 is 6.58. The summed E-state index contributed by atoms with van der Waals surface area (Å²) in [6.07, 6.45) is 0.414. The first-order chi connectivity index (χ1) is 18.5. The Hall–Kier alpha value is -4.05. The first-order valence-electron chi connectivity index (χ1n) is 11.4. The molecule has 0 saturated carbocycles. The van der Waals surface area contributed by atoms with Crippen molar-refractivity contribution >= 4 is 40.2 Å². The maximum atomic E-state index is 14.4. The van der Waals surface area contributed by atoms with Gasteiger partial charge >= 0.3 is 12.1 Å². The van der Waals surface area contributed by atoms with E-state index in [1.54, 1.807) is 25.5 Å². The van der Waals surface area contributed by atoms with Gasteiger partial charge in [0.1, 0.15) is 16.2 Å². The number of hydrogen-bond acceptors (Lipinski definition) is 8. The number of nitrogens with one attached hydrogen (secondary N) is 1. The van der Waals surface area contributed by atoms with Gasteiger partial charge in [0.15, 0.2) is 28.6 Å². The van der Waals surface area contributed by atoms with Gasteiger partial charge in [-0.25, -0.2) is 14.5 Å². The summed E-state index contributed by atoms with van der Waals surface area (Å²) in [7, 11) is 1.55. The lowest BCUT2D eigenvalue weighted by Gasteiger charge is -2.22. The Bertz CT molecular complexity index is 1690. The molecule has 204 valence electrons. The number of aryl methyl sites for hydroxylation is 1. The van der Waals surface area contributed by atoms with Crippen LogP contribution in [-0.4, -0.2) is 58.3 Å². The van der Waals surface area contributed by atoms with Gasteiger partial charge in [-0.3, -0.25) is 4.68 Å². The van der Waals surface area contributed by atoms with E-state index in [2.05, 4.69) is 30.5 Å². The normalized spacial score (nSPS) is 16.4. The van der Waals surface area contributed by atoms with Gasteiger partial charge in [0.05, 0.1) is 37.4 Å². The summed E-state index contributed by atoms with van der Waals surface area (Å²) in [4.78, 5) is 12.7. The van der Waals surface area contributed by atoms with E-state index >= 15 is 0 Å². The van der Waals surface area contributed by atoms with Crippen LogP contribution in [0.15, 0.2) is 36.9 Å². The van der Waals surface area contributed by atoms with E-state index < -0.39 is 23.8 Å². The highest BCUT2D eigenvalue weighted by molar-refractivity contribution is 6.36. The molecule has 1 aliphatic heterocycles. The topological polar surface area (TPSA) is 109 Å². The second-order valence-electron chi connectivity index (χ2n) is 8.70. The quantitative estimate of drug-likeness (QED) is 0.284. The molecule has 1 fully saturated rings. The van der Waals surface area contributed by atoms with Crippen molar-refractivity contribution in [2.75, 3.05) is 18.5 Å². The van der Waals surface area contributed by atoms with Gasteiger partial charge in [-0.2, -0.15) is 37.1 Å². The molecular weight excluding hydrogens is 553 g/mol. The van der Waals surface area contributed by atoms with E-state index in [0.717, 1.165) is 0 Å². The molecule has 1 N–H and O–H groups in total. The minimum atomic E-state index is -5.81. The molecule has 0 unspecified atom stereocenters. The maximum Gasteiger partial charge on any atom is 0.459 e. The van der Waals surface area contributed by atoms with Crippen molar-refractivity contribution < 1.29 is 31.4 Å². The molecule has 5 aromatic rings. The number of rotatable bonds is 6. The van der Waals surface area contributed by atoms with Gasteiger partial charge in [0.2, 0.25) is 5.95 Å². The highest BCUT2D eigenvalue weighted by atomic mass is 35.5. The van der Waals surface area contributed by atoms with Gasteiger partial charge in [-0.15, -0.1) is 0 Å². The predicted octanol–water partition coefficient (Wildman–Crippen LogP) is 5.01. The molecule has 11 nitrogen and oxygen atoms in total. The molecule has 39 heavy (non-hydrogen) atoms. The molecule has 0 aromatic carbocycles. The number of halogens is 6. The number of pyridine rings is 1. The Kier molecular flexibility index (Phi) is 5.83. The summed E-state index contributed by atoms with van der Waals surface area (Å²) < 4.78 is 83.1. The maximum absolute atomic E-state index is 14.4. The van der Waals surface area contributed by atoms with E-state index in [-0.39, 0.29) is 47.8 Å². The third-order valence-corrected chi connectivity index (χ3v) is 6.53. The number of alkyl halides is 5. The van der Waals surface area contributed by atoms with E-state index in [1.165, 1.54) is 21.5 Å². The van der Waals surface area contributed by atoms with E-state index in [4.69, 9.17) is 21.1 Å². The van der Waals surface area contributed by atoms with E-state index in [0.29, 0.717) is 27.7 Å². The van der Waals surface area contributed by atoms with Crippen LogP contribution in [0.2, 0.25) is 5.02 Å². The standard InChI is InChI=1S/C22H17ClF5N9O2/c1-35-18-17(23)13(39-12-7-29-16-2-4-31-36(16)9-12)8-30-19(18)33-20(35)32-15-6-14(21(24,25)22(26,27)28)37(34-15)11-3-5-38-10-11/h2,4,6-9,11H,3,5,10H2,1H3,(H,30,32,33,34)/t11-/m1/s1. The van der Waals surface area contributed by atoms with Crippen LogP contribution in [0.3, 0.4) is 0 Å². The summed E-state index contributed by atoms with van der Waals surface area (Å²) in [5, 5.41) is 10.9. The Balaban J connectivity index is 1.34. The molecule has 5 aromatic heterocycles. The van der Waals surface area contributed by atoms with Gasteiger partial charge in [0.25, 0.3) is 0 Å². The average Bonchev–Trinajstić information content (AvgIpc) is 3.67. The van der Waals surface area contributed by atoms with Crippen LogP contribution in [0.4, 0.5) is 33.7 Å². The average molecular weight is 570 g/mol. The van der Waals surface area contributed by atoms with Crippen molar-refractivity contribution in [1.29, 1.82) is 0 Å². The molecular formula is C22H17ClF5N9O2. The monoisotopic (exact) mass is 569 g/mol. The lowest BCUT2D eigenvalue weighted by molar-refractivity contribution is -0.292. The second kappa shape index (κ2) is 9.01. The van der Waals surface area contributed by atoms with Crippen LogP contribution in [-0.2, 0) is 17.7 Å². The molecule has 17 heteroatoms. The van der Waals surface area contributed by atoms with Crippen LogP contribution in [0.1, 0.15) is 18.2 Å². The summed E-state index contributed by atoms with van der Waals surface area (Å²) in [6, 6.07) is 1.58. The molecule has 6 rings (SSSR count). The summed E-state index contributed by atoms with van der Waals surface area (Å²) in [6.45, 7) is 0.176. The number of anilines is 2. The largest absolute Gasteiger partial charge is 0.459 e. The molecule has 0 radical (unpaired) electrons. The second-order valence-corrected chi connectivity index (χ2v) is 9.08. The van der Waals surface area contributed by atoms with Crippen LogP contribution in [0.25, 0.3) is 16.8 Å². The van der Waals surface area contributed by atoms with Crippen LogP contribution in [0.5, 0.6) is 11.5 Å². The fourth-order valence-corrected chi connectivity index (χ4v) is 4.51. The Morgan fingerprint density at radius 3 is 2.74 bits per heavy atom. The molecule has 0 amide bonds. The third-order valence-electron chi connectivity index (χ3n) is 6.16. The van der Waals surface area contributed by atoms with Crippen molar-refractivity contribution in [3.05, 3.63) is 47.6 Å². The Morgan fingerprint density at radius 1 is 1.18 bits per heavy atom. The molecule has 0 spiro atoms. The first kappa shape index (κ1) is 25.2. The Morgan fingerprint density at radius 2 is 2.00 bits per heavy atom. The SMILES string of the molecule is Cn1c(Nc2cc(C(F)(F)C(F)(F)F)n([C@@H]3CCOC3)n2)nc2ncc(Oc3cnc4ccnn4c3)c(Cl)c21. The van der Waals surface area contributed by atoms with Crippen molar-refractivity contribution in [1.82, 2.24) is 38.9 Å². The summed E-state index contributed by atoms with van der Waals surface area (Å²) in [5.74, 6) is -4.87. The van der Waals surface area contributed by atoms with Gasteiger partial charge in [-0.1, -0.05) is 11.6 Å². The fourth-order valence-electron chi connectivity index (χ4n) is 4.21. The first-order valence-corrected chi connectivity index (χ1v) is 11.8. The molecule has 1 saturated heterocycles. The lowest BCUT2D eigenvalue weighted by atomic mass is 10.2. The van der Waals surface area contributed by atoms with Crippen molar-refractivity contribution in [3.8, 4) is 11.5 Å². The number of hydrogen-bond donors (Lipinski definition) is 1. The van der Waals surface area contributed by atoms with Gasteiger partial charge in [-0.05, 0) is 6.42 Å². The molecule has 1 aliphatic rings. The number of imidazole rings is 1. The zero-order chi connectivity index (χ0) is 27.5. The minimum absolute atomic E-state index is 0.0422. The van der Waals surface area contributed by atoms with Crippen molar-refractivity contribution in [2.24, 2.45) is 7.05 Å². The number of fused-ring (bicyclic) bond motifs is 2. The van der Waals surface area contributed by atoms with Crippen LogP contribution < -0.4 is 10.1 Å². The Labute approximate surface area is 220 Å². The summed E-state index contributed by atoms with van der Waals surface area (Å²) in [5.41, 5.74) is -0.207. The zero-order valence-corrected chi connectivity index (χ0v) is 20.6. The number of aromatic nitrogens is 8. The van der Waals surface area contributed by atoms with Gasteiger partial charge < -0.3 is 19.4 Å². The molecule has 6 heterocycles. The zero-order valence-electron chi connectivity index (χ0n) is 19.8. The van der Waals surface area contributed by atoms with Crippen molar-refractivity contribution in [3.63, 3.8) is 0 Å². The smallest absolute Gasteiger partial charge is 0.451 e. The van der Waals surface area contributed by atoms with E-state index in [9.17, 15) is 22.0 Å². The molecule has 0 bridgehead atoms. The predicted molar refractivity (Wildman–Crippen MR) is 127 cm³/mol. The highest BCUT2D eigenvalue weighted by Gasteiger charge is 2.61. The highest BCUT2D eigenvalue weighted by Crippen LogP contribution is 2.46. The lowest BCUT2D eigenvalue weighted by Crippen LogP contribution is -2.36. The van der Waals surface area contributed by atoms with E-state index in [1.807, 2.05) is 0 Å².